The summed E-state index contributed by atoms with van der Waals surface area (Å²) in [5.74, 6) is -1.93. The van der Waals surface area contributed by atoms with Crippen LogP contribution in [-0.2, 0) is 16.0 Å². The van der Waals surface area contributed by atoms with Crippen LogP contribution in [0.5, 0.6) is 11.5 Å². The third-order valence-electron chi connectivity index (χ3n) is 3.70. The normalized spacial score (nSPS) is 19.8. The van der Waals surface area contributed by atoms with E-state index in [4.69, 9.17) is 5.73 Å². The largest absolute Gasteiger partial charge is 0.504 e. The molecule has 1 saturated heterocycles. The van der Waals surface area contributed by atoms with Crippen LogP contribution in [0.3, 0.4) is 0 Å². The van der Waals surface area contributed by atoms with E-state index in [1.165, 1.54) is 23.1 Å². The molecule has 1 aliphatic rings. The Morgan fingerprint density at radius 1 is 1.38 bits per heavy atom. The Labute approximate surface area is 121 Å². The number of carbonyl (C=O) groups excluding carboxylic acids is 1. The number of benzene rings is 1. The van der Waals surface area contributed by atoms with Crippen molar-refractivity contribution in [3.8, 4) is 11.5 Å². The molecule has 1 aliphatic heterocycles. The highest BCUT2D eigenvalue weighted by molar-refractivity contribution is 5.85. The molecule has 0 saturated carbocycles. The maximum absolute atomic E-state index is 11.9. The van der Waals surface area contributed by atoms with Crippen molar-refractivity contribution in [3.05, 3.63) is 23.8 Å². The van der Waals surface area contributed by atoms with Crippen LogP contribution in [0, 0.1) is 5.92 Å². The smallest absolute Gasteiger partial charge is 0.326 e. The zero-order valence-corrected chi connectivity index (χ0v) is 11.4. The summed E-state index contributed by atoms with van der Waals surface area (Å²) < 4.78 is 0. The van der Waals surface area contributed by atoms with E-state index in [0.29, 0.717) is 18.7 Å². The third kappa shape index (κ3) is 3.25. The van der Waals surface area contributed by atoms with Crippen molar-refractivity contribution in [1.82, 2.24) is 4.90 Å². The lowest BCUT2D eigenvalue weighted by Crippen LogP contribution is -2.44. The summed E-state index contributed by atoms with van der Waals surface area (Å²) in [5.41, 5.74) is 6.07. The van der Waals surface area contributed by atoms with Gasteiger partial charge in [0.15, 0.2) is 11.5 Å². The van der Waals surface area contributed by atoms with Gasteiger partial charge in [0.25, 0.3) is 0 Å². The summed E-state index contributed by atoms with van der Waals surface area (Å²) >= 11 is 0. The number of carbonyl (C=O) groups is 2. The highest BCUT2D eigenvalue weighted by atomic mass is 16.4. The fourth-order valence-electron chi connectivity index (χ4n) is 2.52. The van der Waals surface area contributed by atoms with Crippen molar-refractivity contribution in [2.45, 2.75) is 18.9 Å². The number of nitrogens with two attached hydrogens (primary N) is 1. The fourth-order valence-corrected chi connectivity index (χ4v) is 2.52. The number of aromatic hydroxyl groups is 2. The van der Waals surface area contributed by atoms with Crippen LogP contribution in [-0.4, -0.2) is 51.2 Å². The lowest BCUT2D eigenvalue weighted by molar-refractivity contribution is -0.148. The average Bonchev–Trinajstić information content (AvgIpc) is 2.80. The maximum atomic E-state index is 11.9. The van der Waals surface area contributed by atoms with Gasteiger partial charge in [0.05, 0.1) is 0 Å². The van der Waals surface area contributed by atoms with Crippen molar-refractivity contribution < 1.29 is 24.9 Å². The van der Waals surface area contributed by atoms with E-state index in [0.717, 1.165) is 0 Å². The van der Waals surface area contributed by atoms with Crippen LogP contribution < -0.4 is 5.73 Å². The monoisotopic (exact) mass is 294 g/mol. The van der Waals surface area contributed by atoms with E-state index in [2.05, 4.69) is 0 Å². The predicted molar refractivity (Wildman–Crippen MR) is 73.8 cm³/mol. The standard InChI is InChI=1S/C14H18N2O5/c15-6-9-5-13(19)16(7-9)10(14(20)21)3-8-1-2-11(17)12(18)4-8/h1-2,4,9-10,17-18H,3,5-7,15H2,(H,20,21)/t9?,10-/m0/s1. The van der Waals surface area contributed by atoms with E-state index in [-0.39, 0.29) is 36.2 Å². The number of carboxylic acid groups (broad SMARTS) is 1. The molecule has 7 nitrogen and oxygen atoms in total. The molecule has 0 bridgehead atoms. The van der Waals surface area contributed by atoms with Gasteiger partial charge in [-0.25, -0.2) is 4.79 Å². The van der Waals surface area contributed by atoms with Gasteiger partial charge in [-0.15, -0.1) is 0 Å². The molecule has 1 heterocycles. The Kier molecular flexibility index (Phi) is 4.32. The van der Waals surface area contributed by atoms with Crippen molar-refractivity contribution in [2.24, 2.45) is 11.7 Å². The van der Waals surface area contributed by atoms with Crippen LogP contribution in [0.15, 0.2) is 18.2 Å². The number of hydrogen-bond acceptors (Lipinski definition) is 5. The molecule has 1 fully saturated rings. The van der Waals surface area contributed by atoms with E-state index in [1.807, 2.05) is 0 Å². The topological polar surface area (TPSA) is 124 Å². The number of phenols is 2. The first-order valence-corrected chi connectivity index (χ1v) is 6.65. The molecule has 114 valence electrons. The summed E-state index contributed by atoms with van der Waals surface area (Å²) in [4.78, 5) is 24.7. The summed E-state index contributed by atoms with van der Waals surface area (Å²) in [7, 11) is 0. The molecule has 2 rings (SSSR count). The molecule has 21 heavy (non-hydrogen) atoms. The van der Waals surface area contributed by atoms with Crippen LogP contribution in [0.4, 0.5) is 0 Å². The minimum Gasteiger partial charge on any atom is -0.504 e. The van der Waals surface area contributed by atoms with Crippen LogP contribution in [0.1, 0.15) is 12.0 Å². The Balaban J connectivity index is 2.18. The molecule has 1 amide bonds. The second kappa shape index (κ2) is 6.01. The lowest BCUT2D eigenvalue weighted by Gasteiger charge is -2.25. The van der Waals surface area contributed by atoms with Crippen molar-refractivity contribution in [1.29, 1.82) is 0 Å². The van der Waals surface area contributed by atoms with E-state index < -0.39 is 12.0 Å². The molecule has 1 aromatic carbocycles. The van der Waals surface area contributed by atoms with Crippen molar-refractivity contribution in [2.75, 3.05) is 13.1 Å². The molecule has 7 heteroatoms. The number of rotatable bonds is 5. The quantitative estimate of drug-likeness (QED) is 0.562. The number of carboxylic acids is 1. The third-order valence-corrected chi connectivity index (χ3v) is 3.70. The van der Waals surface area contributed by atoms with Gasteiger partial charge in [-0.3, -0.25) is 4.79 Å². The molecule has 0 aromatic heterocycles. The van der Waals surface area contributed by atoms with Crippen molar-refractivity contribution in [3.63, 3.8) is 0 Å². The zero-order valence-electron chi connectivity index (χ0n) is 11.4. The van der Waals surface area contributed by atoms with E-state index in [1.54, 1.807) is 0 Å². The number of aliphatic carboxylic acids is 1. The van der Waals surface area contributed by atoms with Crippen LogP contribution in [0.2, 0.25) is 0 Å². The highest BCUT2D eigenvalue weighted by Crippen LogP contribution is 2.27. The molecule has 0 spiro atoms. The second-order valence-corrected chi connectivity index (χ2v) is 5.23. The van der Waals surface area contributed by atoms with Gasteiger partial charge < -0.3 is 26.0 Å². The Morgan fingerprint density at radius 2 is 2.10 bits per heavy atom. The van der Waals surface area contributed by atoms with Gasteiger partial charge in [-0.2, -0.15) is 0 Å². The number of likely N-dealkylation sites (tertiary alicyclic amines) is 1. The second-order valence-electron chi connectivity index (χ2n) is 5.23. The Bertz CT molecular complexity index is 560. The number of phenolic OH excluding ortho intramolecular Hbond substituents is 2. The molecule has 2 atom stereocenters. The molecule has 1 aromatic rings. The van der Waals surface area contributed by atoms with Crippen LogP contribution >= 0.6 is 0 Å². The van der Waals surface area contributed by atoms with Crippen molar-refractivity contribution >= 4 is 11.9 Å². The fraction of sp³-hybridized carbons (Fsp3) is 0.429. The summed E-state index contributed by atoms with van der Waals surface area (Å²) in [6.07, 6.45) is 0.327. The summed E-state index contributed by atoms with van der Waals surface area (Å²) in [5, 5.41) is 28.1. The van der Waals surface area contributed by atoms with Gasteiger partial charge >= 0.3 is 5.97 Å². The molecular formula is C14H18N2O5. The van der Waals surface area contributed by atoms with E-state index >= 15 is 0 Å². The Hall–Kier alpha value is -2.28. The molecule has 0 radical (unpaired) electrons. The predicted octanol–water partition coefficient (Wildman–Crippen LogP) is -0.0993. The molecular weight excluding hydrogens is 276 g/mol. The first-order chi connectivity index (χ1) is 9.92. The highest BCUT2D eigenvalue weighted by Gasteiger charge is 2.37. The molecule has 5 N–H and O–H groups in total. The van der Waals surface area contributed by atoms with E-state index in [9.17, 15) is 24.9 Å². The first kappa shape index (κ1) is 15.1. The lowest BCUT2D eigenvalue weighted by atomic mass is 10.0. The summed E-state index contributed by atoms with van der Waals surface area (Å²) in [6, 6.07) is 3.11. The van der Waals surface area contributed by atoms with Crippen LogP contribution in [0.25, 0.3) is 0 Å². The zero-order chi connectivity index (χ0) is 15.6. The van der Waals surface area contributed by atoms with Gasteiger partial charge in [-0.1, -0.05) is 6.07 Å². The first-order valence-electron chi connectivity index (χ1n) is 6.65. The minimum atomic E-state index is -1.10. The Morgan fingerprint density at radius 3 is 2.62 bits per heavy atom. The average molecular weight is 294 g/mol. The van der Waals surface area contributed by atoms with Gasteiger partial charge in [-0.05, 0) is 30.2 Å². The maximum Gasteiger partial charge on any atom is 0.326 e. The van der Waals surface area contributed by atoms with Gasteiger partial charge in [0, 0.05) is 19.4 Å². The number of nitrogens with zero attached hydrogens (tertiary/aromatic N) is 1. The SMILES string of the molecule is NCC1CC(=O)N([C@@H](Cc2ccc(O)c(O)c2)C(=O)O)C1. The van der Waals surface area contributed by atoms with Gasteiger partial charge in [0.2, 0.25) is 5.91 Å². The molecule has 1 unspecified atom stereocenters. The number of amides is 1. The minimum absolute atomic E-state index is 0.0208. The van der Waals surface area contributed by atoms with Gasteiger partial charge in [0.1, 0.15) is 6.04 Å². The number of hydrogen-bond donors (Lipinski definition) is 4. The molecule has 0 aliphatic carbocycles. The summed E-state index contributed by atoms with van der Waals surface area (Å²) in [6.45, 7) is 0.672.